The predicted octanol–water partition coefficient (Wildman–Crippen LogP) is 2.72. The first-order valence-corrected chi connectivity index (χ1v) is 5.20. The average Bonchev–Trinajstić information content (AvgIpc) is 2.37. The molecule has 1 heterocycles. The Hall–Kier alpha value is -2.02. The largest absolute Gasteiger partial charge is 0.419 e. The lowest BCUT2D eigenvalue weighted by molar-refractivity contribution is -0.140. The van der Waals surface area contributed by atoms with Gasteiger partial charge in [-0.2, -0.15) is 13.2 Å². The molecule has 0 spiro atoms. The monoisotopic (exact) mass is 272 g/mol. The second-order valence-corrected chi connectivity index (χ2v) is 3.77. The third-order valence-electron chi connectivity index (χ3n) is 2.50. The van der Waals surface area contributed by atoms with E-state index in [4.69, 9.17) is 0 Å². The van der Waals surface area contributed by atoms with Crippen molar-refractivity contribution in [3.05, 3.63) is 59.4 Å². The highest BCUT2D eigenvalue weighted by molar-refractivity contribution is 5.31. The molecule has 0 aliphatic heterocycles. The van der Waals surface area contributed by atoms with Crippen molar-refractivity contribution in [3.8, 4) is 0 Å². The Bertz CT molecular complexity index is 572. The Kier molecular flexibility index (Phi) is 3.48. The van der Waals surface area contributed by atoms with Crippen molar-refractivity contribution in [2.45, 2.75) is 12.3 Å². The zero-order chi connectivity index (χ0) is 14.0. The number of hydrogen-bond acceptors (Lipinski definition) is 3. The SMILES string of the molecule is OC(c1ccc(C(F)(F)F)c(F)c1)c1ccncn1. The first-order valence-electron chi connectivity index (χ1n) is 5.20. The molecule has 2 rings (SSSR count). The zero-order valence-corrected chi connectivity index (χ0v) is 9.39. The fourth-order valence-corrected chi connectivity index (χ4v) is 1.56. The molecule has 0 amide bonds. The van der Waals surface area contributed by atoms with Crippen molar-refractivity contribution in [1.29, 1.82) is 0 Å². The molecule has 7 heteroatoms. The summed E-state index contributed by atoms with van der Waals surface area (Å²) in [5.41, 5.74) is -1.20. The maximum Gasteiger partial charge on any atom is 0.419 e. The van der Waals surface area contributed by atoms with Gasteiger partial charge in [-0.3, -0.25) is 0 Å². The number of benzene rings is 1. The minimum absolute atomic E-state index is 0.01000. The summed E-state index contributed by atoms with van der Waals surface area (Å²) in [6.45, 7) is 0. The van der Waals surface area contributed by atoms with Gasteiger partial charge in [-0.15, -0.1) is 0 Å². The molecular weight excluding hydrogens is 264 g/mol. The highest BCUT2D eigenvalue weighted by Gasteiger charge is 2.34. The second kappa shape index (κ2) is 4.93. The van der Waals surface area contributed by atoms with Gasteiger partial charge in [0.05, 0.1) is 11.3 Å². The highest BCUT2D eigenvalue weighted by atomic mass is 19.4. The van der Waals surface area contributed by atoms with E-state index in [0.717, 1.165) is 6.07 Å². The standard InChI is InChI=1S/C12H8F4N2O/c13-9-5-7(1-2-8(9)12(14,15)16)11(19)10-3-4-17-6-18-10/h1-6,11,19H. The van der Waals surface area contributed by atoms with Crippen LogP contribution in [0.3, 0.4) is 0 Å². The van der Waals surface area contributed by atoms with Gasteiger partial charge in [0.1, 0.15) is 18.2 Å². The van der Waals surface area contributed by atoms with Gasteiger partial charge < -0.3 is 5.11 Å². The van der Waals surface area contributed by atoms with Crippen molar-refractivity contribution in [1.82, 2.24) is 9.97 Å². The van der Waals surface area contributed by atoms with Gasteiger partial charge in [-0.25, -0.2) is 14.4 Å². The van der Waals surface area contributed by atoms with Crippen LogP contribution in [-0.2, 0) is 6.18 Å². The van der Waals surface area contributed by atoms with Crippen LogP contribution in [0.2, 0.25) is 0 Å². The molecule has 0 bridgehead atoms. The van der Waals surface area contributed by atoms with Gasteiger partial charge >= 0.3 is 6.18 Å². The van der Waals surface area contributed by atoms with E-state index in [9.17, 15) is 22.7 Å². The van der Waals surface area contributed by atoms with Gasteiger partial charge in [0.25, 0.3) is 0 Å². The summed E-state index contributed by atoms with van der Waals surface area (Å²) in [4.78, 5) is 7.39. The van der Waals surface area contributed by atoms with E-state index in [1.807, 2.05) is 0 Å². The second-order valence-electron chi connectivity index (χ2n) is 3.77. The Morgan fingerprint density at radius 1 is 1.16 bits per heavy atom. The summed E-state index contributed by atoms with van der Waals surface area (Å²) in [5.74, 6) is -1.43. The molecule has 1 aromatic heterocycles. The molecule has 1 unspecified atom stereocenters. The van der Waals surface area contributed by atoms with Crippen LogP contribution >= 0.6 is 0 Å². The van der Waals surface area contributed by atoms with E-state index in [2.05, 4.69) is 9.97 Å². The minimum atomic E-state index is -4.76. The molecule has 3 nitrogen and oxygen atoms in total. The molecule has 0 fully saturated rings. The third kappa shape index (κ3) is 2.87. The Labute approximate surface area is 105 Å². The van der Waals surface area contributed by atoms with Gasteiger partial charge in [-0.1, -0.05) is 6.07 Å². The van der Waals surface area contributed by atoms with Crippen LogP contribution in [0.5, 0.6) is 0 Å². The van der Waals surface area contributed by atoms with Gasteiger partial charge in [0.2, 0.25) is 0 Å². The molecule has 1 aromatic carbocycles. The fourth-order valence-electron chi connectivity index (χ4n) is 1.56. The lowest BCUT2D eigenvalue weighted by atomic mass is 10.0. The van der Waals surface area contributed by atoms with Crippen LogP contribution in [0.1, 0.15) is 22.9 Å². The quantitative estimate of drug-likeness (QED) is 0.855. The normalized spacial score (nSPS) is 13.3. The maximum absolute atomic E-state index is 13.4. The molecule has 0 saturated heterocycles. The lowest BCUT2D eigenvalue weighted by Crippen LogP contribution is -2.10. The highest BCUT2D eigenvalue weighted by Crippen LogP contribution is 2.33. The van der Waals surface area contributed by atoms with E-state index in [-0.39, 0.29) is 11.3 Å². The number of halogens is 4. The number of rotatable bonds is 2. The minimum Gasteiger partial charge on any atom is -0.382 e. The zero-order valence-electron chi connectivity index (χ0n) is 9.39. The predicted molar refractivity (Wildman–Crippen MR) is 57.5 cm³/mol. The van der Waals surface area contributed by atoms with Crippen molar-refractivity contribution >= 4 is 0 Å². The van der Waals surface area contributed by atoms with Crippen molar-refractivity contribution in [3.63, 3.8) is 0 Å². The Morgan fingerprint density at radius 3 is 2.42 bits per heavy atom. The van der Waals surface area contributed by atoms with E-state index in [1.165, 1.54) is 18.6 Å². The third-order valence-corrected chi connectivity index (χ3v) is 2.50. The molecule has 0 aliphatic rings. The molecule has 2 aromatic rings. The number of aliphatic hydroxyl groups excluding tert-OH is 1. The topological polar surface area (TPSA) is 46.0 Å². The maximum atomic E-state index is 13.4. The number of aromatic nitrogens is 2. The van der Waals surface area contributed by atoms with E-state index < -0.39 is 23.7 Å². The van der Waals surface area contributed by atoms with E-state index in [0.29, 0.717) is 12.1 Å². The van der Waals surface area contributed by atoms with Crippen LogP contribution in [-0.4, -0.2) is 15.1 Å². The Morgan fingerprint density at radius 2 is 1.89 bits per heavy atom. The number of aliphatic hydroxyl groups is 1. The molecular formula is C12H8F4N2O. The number of nitrogens with zero attached hydrogens (tertiary/aromatic N) is 2. The van der Waals surface area contributed by atoms with Gasteiger partial charge in [0.15, 0.2) is 0 Å². The summed E-state index contributed by atoms with van der Waals surface area (Å²) >= 11 is 0. The van der Waals surface area contributed by atoms with Crippen LogP contribution in [0.25, 0.3) is 0 Å². The summed E-state index contributed by atoms with van der Waals surface area (Å²) in [5, 5.41) is 9.87. The van der Waals surface area contributed by atoms with Crippen LogP contribution in [0, 0.1) is 5.82 Å². The summed E-state index contributed by atoms with van der Waals surface area (Å²) in [7, 11) is 0. The van der Waals surface area contributed by atoms with Crippen molar-refractivity contribution in [2.24, 2.45) is 0 Å². The summed E-state index contributed by atoms with van der Waals surface area (Å²) < 4.78 is 50.5. The fraction of sp³-hybridized carbons (Fsp3) is 0.167. The lowest BCUT2D eigenvalue weighted by Gasteiger charge is -2.13. The molecule has 1 atom stereocenters. The summed E-state index contributed by atoms with van der Waals surface area (Å²) in [6, 6.07) is 3.64. The van der Waals surface area contributed by atoms with Crippen LogP contribution in [0.15, 0.2) is 36.8 Å². The van der Waals surface area contributed by atoms with Crippen LogP contribution in [0.4, 0.5) is 17.6 Å². The molecule has 100 valence electrons. The number of alkyl halides is 3. The van der Waals surface area contributed by atoms with Gasteiger partial charge in [-0.05, 0) is 23.8 Å². The summed E-state index contributed by atoms with van der Waals surface area (Å²) in [6.07, 6.45) is -3.52. The van der Waals surface area contributed by atoms with Crippen molar-refractivity contribution < 1.29 is 22.7 Å². The molecule has 0 aliphatic carbocycles. The smallest absolute Gasteiger partial charge is 0.382 e. The van der Waals surface area contributed by atoms with Crippen LogP contribution < -0.4 is 0 Å². The van der Waals surface area contributed by atoms with Crippen molar-refractivity contribution in [2.75, 3.05) is 0 Å². The molecule has 0 saturated carbocycles. The van der Waals surface area contributed by atoms with E-state index >= 15 is 0 Å². The number of hydrogen-bond donors (Lipinski definition) is 1. The molecule has 1 N–H and O–H groups in total. The molecule has 0 radical (unpaired) electrons. The van der Waals surface area contributed by atoms with Gasteiger partial charge in [0, 0.05) is 6.20 Å². The van der Waals surface area contributed by atoms with E-state index in [1.54, 1.807) is 0 Å². The molecule has 19 heavy (non-hydrogen) atoms. The Balaban J connectivity index is 2.35. The first kappa shape index (κ1) is 13.4. The average molecular weight is 272 g/mol. The first-order chi connectivity index (χ1) is 8.89.